The molecule has 3 heteroatoms. The van der Waals surface area contributed by atoms with Crippen LogP contribution in [0, 0.1) is 0 Å². The summed E-state index contributed by atoms with van der Waals surface area (Å²) in [6, 6.07) is 1.45. The summed E-state index contributed by atoms with van der Waals surface area (Å²) in [4.78, 5) is 0. The summed E-state index contributed by atoms with van der Waals surface area (Å²) >= 11 is 0. The van der Waals surface area contributed by atoms with Gasteiger partial charge in [-0.25, -0.2) is 0 Å². The first-order chi connectivity index (χ1) is 6.84. The average Bonchev–Trinajstić information content (AvgIpc) is 2.25. The zero-order valence-corrected chi connectivity index (χ0v) is 10.7. The summed E-state index contributed by atoms with van der Waals surface area (Å²) in [7, 11) is -0.589. The van der Waals surface area contributed by atoms with E-state index >= 15 is 0 Å². The molecule has 1 aliphatic heterocycles. The lowest BCUT2D eigenvalue weighted by molar-refractivity contribution is 0.0625. The number of rotatable bonds is 6. The Kier molecular flexibility index (Phi) is 6.48. The van der Waals surface area contributed by atoms with Crippen LogP contribution < -0.4 is 5.73 Å². The summed E-state index contributed by atoms with van der Waals surface area (Å²) in [5.74, 6) is 0. The van der Waals surface area contributed by atoms with Crippen LogP contribution in [-0.4, -0.2) is 27.7 Å². The molecule has 1 saturated heterocycles. The summed E-state index contributed by atoms with van der Waals surface area (Å²) in [5.41, 5.74) is 6.16. The second-order valence-corrected chi connectivity index (χ2v) is 7.80. The fraction of sp³-hybridized carbons (Fsp3) is 1.00. The highest BCUT2D eigenvalue weighted by Crippen LogP contribution is 2.18. The van der Waals surface area contributed by atoms with Crippen LogP contribution in [0.1, 0.15) is 38.5 Å². The maximum Gasteiger partial charge on any atom is 0.0686 e. The highest BCUT2D eigenvalue weighted by Gasteiger charge is 2.21. The Labute approximate surface area is 89.8 Å². The van der Waals surface area contributed by atoms with Gasteiger partial charge < -0.3 is 10.5 Å². The maximum absolute atomic E-state index is 5.83. The smallest absolute Gasteiger partial charge is 0.0686 e. The van der Waals surface area contributed by atoms with Gasteiger partial charge in [0.1, 0.15) is 0 Å². The quantitative estimate of drug-likeness (QED) is 0.544. The lowest BCUT2D eigenvalue weighted by atomic mass is 10.2. The number of hydrogen-bond donors (Lipinski definition) is 1. The topological polar surface area (TPSA) is 35.2 Å². The molecule has 1 fully saturated rings. The van der Waals surface area contributed by atoms with Gasteiger partial charge in [-0.1, -0.05) is 25.4 Å². The minimum Gasteiger partial charge on any atom is -0.382 e. The van der Waals surface area contributed by atoms with Gasteiger partial charge in [0, 0.05) is 12.3 Å². The zero-order valence-electron chi connectivity index (χ0n) is 9.50. The van der Waals surface area contributed by atoms with Crippen LogP contribution in [0.2, 0.25) is 12.6 Å². The Morgan fingerprint density at radius 3 is 2.79 bits per heavy atom. The minimum atomic E-state index is -0.589. The lowest BCUT2D eigenvalue weighted by Gasteiger charge is -2.27. The predicted octanol–water partition coefficient (Wildman–Crippen LogP) is 2.08. The van der Waals surface area contributed by atoms with Crippen LogP contribution in [0.15, 0.2) is 0 Å². The molecule has 0 radical (unpaired) electrons. The molecule has 0 aliphatic carbocycles. The molecule has 0 amide bonds. The molecular weight excluding hydrogens is 190 g/mol. The van der Waals surface area contributed by atoms with Crippen molar-refractivity contribution in [3.8, 4) is 0 Å². The molecule has 2 N–H and O–H groups in total. The molecule has 0 bridgehead atoms. The Balaban J connectivity index is 2.04. The largest absolute Gasteiger partial charge is 0.382 e. The summed E-state index contributed by atoms with van der Waals surface area (Å²) in [6.07, 6.45) is 7.91. The van der Waals surface area contributed by atoms with E-state index in [0.29, 0.717) is 5.73 Å². The van der Waals surface area contributed by atoms with Crippen LogP contribution in [0.4, 0.5) is 0 Å². The van der Waals surface area contributed by atoms with Crippen LogP contribution in [-0.2, 0) is 4.74 Å². The molecule has 0 saturated carbocycles. The van der Waals surface area contributed by atoms with E-state index in [1.165, 1.54) is 44.6 Å². The van der Waals surface area contributed by atoms with E-state index in [1.54, 1.807) is 0 Å². The van der Waals surface area contributed by atoms with Crippen molar-refractivity contribution in [2.75, 3.05) is 13.2 Å². The Morgan fingerprint density at radius 2 is 2.14 bits per heavy atom. The van der Waals surface area contributed by atoms with Gasteiger partial charge in [-0.05, 0) is 32.2 Å². The molecule has 1 aliphatic rings. The van der Waals surface area contributed by atoms with Crippen LogP contribution in [0.25, 0.3) is 0 Å². The highest BCUT2D eigenvalue weighted by molar-refractivity contribution is 6.58. The summed E-state index contributed by atoms with van der Waals surface area (Å²) in [5, 5.41) is 0. The van der Waals surface area contributed by atoms with Crippen molar-refractivity contribution in [3.63, 3.8) is 0 Å². The fourth-order valence-corrected chi connectivity index (χ4v) is 4.76. The van der Waals surface area contributed by atoms with Gasteiger partial charge in [-0.15, -0.1) is 0 Å². The molecule has 1 heterocycles. The highest BCUT2D eigenvalue weighted by atomic mass is 28.3. The zero-order chi connectivity index (χ0) is 10.2. The van der Waals surface area contributed by atoms with Gasteiger partial charge in [0.25, 0.3) is 0 Å². The van der Waals surface area contributed by atoms with Crippen LogP contribution in [0.3, 0.4) is 0 Å². The van der Waals surface area contributed by atoms with Gasteiger partial charge >= 0.3 is 0 Å². The van der Waals surface area contributed by atoms with Crippen molar-refractivity contribution in [3.05, 3.63) is 0 Å². The number of unbranched alkanes of at least 4 members (excludes halogenated alkanes) is 2. The molecule has 2 atom stereocenters. The van der Waals surface area contributed by atoms with Crippen molar-refractivity contribution in [2.24, 2.45) is 5.73 Å². The molecular formula is C11H25NOSi. The standard InChI is InChI=1S/C11H25NOSi/c1-14(10-6-2-4-8-12)11-7-3-5-9-13-11/h11,14H,2-10,12H2,1H3. The minimum absolute atomic E-state index is 0.589. The van der Waals surface area contributed by atoms with E-state index < -0.39 is 8.80 Å². The molecule has 0 spiro atoms. The molecule has 2 unspecified atom stereocenters. The SMILES string of the molecule is C[SiH](CCCCCN)C1CCCCO1. The van der Waals surface area contributed by atoms with Gasteiger partial charge in [0.2, 0.25) is 0 Å². The van der Waals surface area contributed by atoms with E-state index in [1.807, 2.05) is 0 Å². The average molecular weight is 215 g/mol. The third kappa shape index (κ3) is 4.58. The van der Waals surface area contributed by atoms with Crippen molar-refractivity contribution >= 4 is 8.80 Å². The molecule has 0 aromatic carbocycles. The second kappa shape index (κ2) is 7.43. The first kappa shape index (κ1) is 12.2. The number of nitrogens with two attached hydrogens (primary N) is 1. The molecule has 0 aromatic heterocycles. The van der Waals surface area contributed by atoms with Crippen LogP contribution in [0.5, 0.6) is 0 Å². The predicted molar refractivity (Wildman–Crippen MR) is 64.3 cm³/mol. The molecule has 14 heavy (non-hydrogen) atoms. The number of ether oxygens (including phenoxy) is 1. The van der Waals surface area contributed by atoms with E-state index in [2.05, 4.69) is 6.55 Å². The summed E-state index contributed by atoms with van der Waals surface area (Å²) < 4.78 is 5.83. The molecule has 0 aromatic rings. The van der Waals surface area contributed by atoms with Gasteiger partial charge in [-0.3, -0.25) is 0 Å². The monoisotopic (exact) mass is 215 g/mol. The Hall–Kier alpha value is 0.137. The first-order valence-corrected chi connectivity index (χ1v) is 8.80. The van der Waals surface area contributed by atoms with Crippen molar-refractivity contribution in [1.82, 2.24) is 0 Å². The Bertz CT molecular complexity index is 137. The van der Waals surface area contributed by atoms with Gasteiger partial charge in [0.15, 0.2) is 0 Å². The second-order valence-electron chi connectivity index (χ2n) is 4.52. The van der Waals surface area contributed by atoms with Crippen molar-refractivity contribution < 1.29 is 4.74 Å². The van der Waals surface area contributed by atoms with E-state index in [4.69, 9.17) is 10.5 Å². The Morgan fingerprint density at radius 1 is 1.29 bits per heavy atom. The van der Waals surface area contributed by atoms with Crippen LogP contribution >= 0.6 is 0 Å². The van der Waals surface area contributed by atoms with Crippen molar-refractivity contribution in [2.45, 2.75) is 56.8 Å². The van der Waals surface area contributed by atoms with E-state index in [0.717, 1.165) is 13.2 Å². The molecule has 2 nitrogen and oxygen atoms in total. The normalized spacial score (nSPS) is 24.9. The van der Waals surface area contributed by atoms with Gasteiger partial charge in [0.05, 0.1) is 8.80 Å². The van der Waals surface area contributed by atoms with Crippen molar-refractivity contribution in [1.29, 1.82) is 0 Å². The first-order valence-electron chi connectivity index (χ1n) is 6.16. The number of hydrogen-bond acceptors (Lipinski definition) is 2. The third-order valence-corrected chi connectivity index (χ3v) is 6.33. The molecule has 84 valence electrons. The van der Waals surface area contributed by atoms with Gasteiger partial charge in [-0.2, -0.15) is 0 Å². The molecule has 1 rings (SSSR count). The summed E-state index contributed by atoms with van der Waals surface area (Å²) in [6.45, 7) is 4.35. The lowest BCUT2D eigenvalue weighted by Crippen LogP contribution is -2.33. The van der Waals surface area contributed by atoms with E-state index in [-0.39, 0.29) is 0 Å². The maximum atomic E-state index is 5.83. The fourth-order valence-electron chi connectivity index (χ4n) is 2.19. The van der Waals surface area contributed by atoms with E-state index in [9.17, 15) is 0 Å². The third-order valence-electron chi connectivity index (χ3n) is 3.21.